The van der Waals surface area contributed by atoms with Gasteiger partial charge in [0.15, 0.2) is 5.16 Å². The predicted octanol–water partition coefficient (Wildman–Crippen LogP) is 5.26. The minimum Gasteiger partial charge on any atom is -0.325 e. The zero-order chi connectivity index (χ0) is 22.7. The van der Waals surface area contributed by atoms with Crippen molar-refractivity contribution < 1.29 is 18.0 Å². The molecule has 0 saturated carbocycles. The highest BCUT2D eigenvalue weighted by molar-refractivity contribution is 7.99. The molecule has 0 aliphatic rings. The summed E-state index contributed by atoms with van der Waals surface area (Å²) in [5.41, 5.74) is -0.498. The number of carbonyl (C=O) groups is 1. The average molecular weight is 476 g/mol. The lowest BCUT2D eigenvalue weighted by Gasteiger charge is -2.13. The summed E-state index contributed by atoms with van der Waals surface area (Å²) in [4.78, 5) is 30.9. The van der Waals surface area contributed by atoms with E-state index in [9.17, 15) is 22.8 Å². The van der Waals surface area contributed by atoms with Crippen LogP contribution in [0.3, 0.4) is 0 Å². The number of nitrogens with zero attached hydrogens (tertiary/aromatic N) is 2. The molecule has 0 aliphatic heterocycles. The SMILES string of the molecule is O=C(CSc1nc2ccccc2c(=O)n1Cc1cccs1)Nc1cccc(C(F)(F)F)c1. The van der Waals surface area contributed by atoms with Crippen molar-refractivity contribution in [1.82, 2.24) is 9.55 Å². The van der Waals surface area contributed by atoms with E-state index in [4.69, 9.17) is 0 Å². The van der Waals surface area contributed by atoms with Crippen LogP contribution in [-0.2, 0) is 17.5 Å². The number of thiophene rings is 1. The molecule has 4 rings (SSSR count). The Labute approximate surface area is 188 Å². The fourth-order valence-corrected chi connectivity index (χ4v) is 4.55. The van der Waals surface area contributed by atoms with Gasteiger partial charge in [-0.3, -0.25) is 14.2 Å². The summed E-state index contributed by atoms with van der Waals surface area (Å²) in [6, 6.07) is 15.2. The van der Waals surface area contributed by atoms with E-state index in [1.165, 1.54) is 28.0 Å². The highest BCUT2D eigenvalue weighted by atomic mass is 32.2. The first kappa shape index (κ1) is 22.1. The number of fused-ring (bicyclic) bond motifs is 1. The Hall–Kier alpha value is -3.11. The largest absolute Gasteiger partial charge is 0.416 e. The quantitative estimate of drug-likeness (QED) is 0.305. The third kappa shape index (κ3) is 5.03. The number of hydrogen-bond donors (Lipinski definition) is 1. The lowest BCUT2D eigenvalue weighted by Crippen LogP contribution is -2.24. The molecule has 0 aliphatic carbocycles. The summed E-state index contributed by atoms with van der Waals surface area (Å²) in [5.74, 6) is -0.620. The normalized spacial score (nSPS) is 11.6. The molecule has 1 N–H and O–H groups in total. The number of rotatable bonds is 6. The van der Waals surface area contributed by atoms with Crippen LogP contribution in [0.15, 0.2) is 76.0 Å². The zero-order valence-corrected chi connectivity index (χ0v) is 18.1. The van der Waals surface area contributed by atoms with Gasteiger partial charge in [0.1, 0.15) is 0 Å². The molecule has 0 saturated heterocycles. The highest BCUT2D eigenvalue weighted by Crippen LogP contribution is 2.30. The third-order valence-corrected chi connectivity index (χ3v) is 6.36. The van der Waals surface area contributed by atoms with Crippen LogP contribution in [0.5, 0.6) is 0 Å². The van der Waals surface area contributed by atoms with E-state index < -0.39 is 17.6 Å². The maximum absolute atomic E-state index is 13.0. The van der Waals surface area contributed by atoms with Gasteiger partial charge in [-0.2, -0.15) is 13.2 Å². The first-order chi connectivity index (χ1) is 15.3. The lowest BCUT2D eigenvalue weighted by atomic mass is 10.2. The topological polar surface area (TPSA) is 64.0 Å². The third-order valence-electron chi connectivity index (χ3n) is 4.53. The molecule has 0 atom stereocenters. The monoisotopic (exact) mass is 475 g/mol. The molecule has 10 heteroatoms. The van der Waals surface area contributed by atoms with Gasteiger partial charge in [0.05, 0.1) is 28.8 Å². The maximum atomic E-state index is 13.0. The van der Waals surface area contributed by atoms with E-state index in [2.05, 4.69) is 10.3 Å². The first-order valence-electron chi connectivity index (χ1n) is 9.43. The van der Waals surface area contributed by atoms with Crippen LogP contribution in [0.1, 0.15) is 10.4 Å². The number of benzene rings is 2. The summed E-state index contributed by atoms with van der Waals surface area (Å²) < 4.78 is 40.2. The fraction of sp³-hybridized carbons (Fsp3) is 0.136. The number of amides is 1. The number of anilines is 1. The van der Waals surface area contributed by atoms with Crippen molar-refractivity contribution in [1.29, 1.82) is 0 Å². The van der Waals surface area contributed by atoms with Gasteiger partial charge in [0.2, 0.25) is 5.91 Å². The van der Waals surface area contributed by atoms with Crippen LogP contribution < -0.4 is 10.9 Å². The Morgan fingerprint density at radius 1 is 1.09 bits per heavy atom. The molecule has 2 aromatic carbocycles. The molecule has 0 bridgehead atoms. The van der Waals surface area contributed by atoms with Gasteiger partial charge < -0.3 is 5.32 Å². The fourth-order valence-electron chi connectivity index (χ4n) is 3.06. The molecule has 1 amide bonds. The van der Waals surface area contributed by atoms with Crippen LogP contribution in [-0.4, -0.2) is 21.2 Å². The van der Waals surface area contributed by atoms with Gasteiger partial charge in [-0.1, -0.05) is 36.0 Å². The van der Waals surface area contributed by atoms with Crippen LogP contribution >= 0.6 is 23.1 Å². The predicted molar refractivity (Wildman–Crippen MR) is 120 cm³/mol. The molecule has 0 radical (unpaired) electrons. The first-order valence-corrected chi connectivity index (χ1v) is 11.3. The van der Waals surface area contributed by atoms with Crippen molar-refractivity contribution in [2.24, 2.45) is 0 Å². The van der Waals surface area contributed by atoms with E-state index in [0.717, 1.165) is 28.8 Å². The Morgan fingerprint density at radius 3 is 2.66 bits per heavy atom. The number of para-hydroxylation sites is 1. The number of nitrogens with one attached hydrogen (secondary N) is 1. The number of halogens is 3. The molecule has 2 aromatic heterocycles. The molecule has 0 fully saturated rings. The van der Waals surface area contributed by atoms with Gasteiger partial charge in [-0.15, -0.1) is 11.3 Å². The highest BCUT2D eigenvalue weighted by Gasteiger charge is 2.30. The number of carbonyl (C=O) groups excluding carboxylic acids is 1. The smallest absolute Gasteiger partial charge is 0.325 e. The second-order valence-electron chi connectivity index (χ2n) is 6.80. The summed E-state index contributed by atoms with van der Waals surface area (Å²) in [7, 11) is 0. The van der Waals surface area contributed by atoms with Gasteiger partial charge in [0.25, 0.3) is 5.56 Å². The van der Waals surface area contributed by atoms with E-state index in [-0.39, 0.29) is 17.0 Å². The summed E-state index contributed by atoms with van der Waals surface area (Å²) >= 11 is 2.56. The van der Waals surface area contributed by atoms with Crippen LogP contribution in [0, 0.1) is 0 Å². The second kappa shape index (κ2) is 9.17. The number of thioether (sulfide) groups is 1. The van der Waals surface area contributed by atoms with Gasteiger partial charge in [-0.25, -0.2) is 4.98 Å². The van der Waals surface area contributed by atoms with Gasteiger partial charge in [0, 0.05) is 10.6 Å². The molecule has 4 aromatic rings. The molecule has 2 heterocycles. The van der Waals surface area contributed by atoms with Gasteiger partial charge in [-0.05, 0) is 41.8 Å². The number of aromatic nitrogens is 2. The molecule has 32 heavy (non-hydrogen) atoms. The Balaban J connectivity index is 1.56. The van der Waals surface area contributed by atoms with Gasteiger partial charge >= 0.3 is 6.18 Å². The number of hydrogen-bond acceptors (Lipinski definition) is 5. The molecule has 0 spiro atoms. The van der Waals surface area contributed by atoms with Crippen molar-refractivity contribution in [3.05, 3.63) is 86.8 Å². The van der Waals surface area contributed by atoms with Crippen LogP contribution in [0.4, 0.5) is 18.9 Å². The van der Waals surface area contributed by atoms with Crippen molar-refractivity contribution in [3.8, 4) is 0 Å². The molecular formula is C22H16F3N3O2S2. The lowest BCUT2D eigenvalue weighted by molar-refractivity contribution is -0.137. The summed E-state index contributed by atoms with van der Waals surface area (Å²) in [6.45, 7) is 0.311. The van der Waals surface area contributed by atoms with Crippen molar-refractivity contribution in [2.75, 3.05) is 11.1 Å². The summed E-state index contributed by atoms with van der Waals surface area (Å²) in [6.07, 6.45) is -4.50. The molecular weight excluding hydrogens is 459 g/mol. The Bertz CT molecular complexity index is 1320. The number of alkyl halides is 3. The Kier molecular flexibility index (Phi) is 6.33. The molecule has 0 unspecified atom stereocenters. The molecule has 5 nitrogen and oxygen atoms in total. The Morgan fingerprint density at radius 2 is 1.91 bits per heavy atom. The standard InChI is InChI=1S/C22H16F3N3O2S2/c23-22(24,25)14-5-3-6-15(11-14)26-19(29)13-32-21-27-18-9-2-1-8-17(18)20(30)28(21)12-16-7-4-10-31-16/h1-11H,12-13H2,(H,26,29). The van der Waals surface area contributed by atoms with E-state index in [1.807, 2.05) is 17.5 Å². The van der Waals surface area contributed by atoms with E-state index >= 15 is 0 Å². The minimum absolute atomic E-state index is 0.0490. The van der Waals surface area contributed by atoms with Crippen molar-refractivity contribution in [2.45, 2.75) is 17.9 Å². The second-order valence-corrected chi connectivity index (χ2v) is 8.77. The van der Waals surface area contributed by atoms with Crippen molar-refractivity contribution in [3.63, 3.8) is 0 Å². The van der Waals surface area contributed by atoms with Crippen LogP contribution in [0.25, 0.3) is 10.9 Å². The van der Waals surface area contributed by atoms with Crippen LogP contribution in [0.2, 0.25) is 0 Å². The maximum Gasteiger partial charge on any atom is 0.416 e. The minimum atomic E-state index is -4.50. The van der Waals surface area contributed by atoms with Crippen molar-refractivity contribution >= 4 is 45.6 Å². The van der Waals surface area contributed by atoms with E-state index in [0.29, 0.717) is 22.6 Å². The average Bonchev–Trinajstić information content (AvgIpc) is 3.27. The zero-order valence-electron chi connectivity index (χ0n) is 16.4. The molecule has 164 valence electrons. The summed E-state index contributed by atoms with van der Waals surface area (Å²) in [5, 5.41) is 5.21. The van der Waals surface area contributed by atoms with E-state index in [1.54, 1.807) is 24.3 Å².